The van der Waals surface area contributed by atoms with Gasteiger partial charge in [0.25, 0.3) is 0 Å². The van der Waals surface area contributed by atoms with E-state index >= 15 is 0 Å². The normalized spacial score (nSPS) is 34.5. The number of fused-ring (bicyclic) bond motifs is 1. The molecule has 1 fully saturated rings. The predicted octanol–water partition coefficient (Wildman–Crippen LogP) is -0.991. The molecule has 20 heavy (non-hydrogen) atoms. The lowest BCUT2D eigenvalue weighted by Crippen LogP contribution is -2.56. The van der Waals surface area contributed by atoms with E-state index in [0.29, 0.717) is 5.65 Å². The highest BCUT2D eigenvalue weighted by Crippen LogP contribution is 2.30. The molecule has 2 aromatic heterocycles. The number of ether oxygens (including phenoxy) is 1. The first kappa shape index (κ1) is 13.5. The molecule has 1 aliphatic heterocycles. The van der Waals surface area contributed by atoms with Crippen LogP contribution in [0.15, 0.2) is 30.6 Å². The Morgan fingerprint density at radius 2 is 1.95 bits per heavy atom. The van der Waals surface area contributed by atoms with Gasteiger partial charge >= 0.3 is 0 Å². The van der Waals surface area contributed by atoms with E-state index < -0.39 is 37.3 Å². The molecule has 0 aliphatic carbocycles. The Balaban J connectivity index is 2.00. The number of aliphatic hydroxyl groups excluding tert-OH is 4. The van der Waals surface area contributed by atoms with Crippen molar-refractivity contribution in [1.29, 1.82) is 0 Å². The summed E-state index contributed by atoms with van der Waals surface area (Å²) in [5.41, 5.74) is 0.594. The Morgan fingerprint density at radius 3 is 2.70 bits per heavy atom. The number of nitrogens with zero attached hydrogens (tertiary/aromatic N) is 2. The molecule has 2 aromatic rings. The lowest BCUT2D eigenvalue weighted by atomic mass is 9.98. The molecule has 7 heteroatoms. The van der Waals surface area contributed by atoms with Gasteiger partial charge in [-0.05, 0) is 18.2 Å². The molecule has 0 unspecified atom stereocenters. The first-order chi connectivity index (χ1) is 9.63. The third-order valence-corrected chi connectivity index (χ3v) is 3.62. The molecule has 7 nitrogen and oxygen atoms in total. The van der Waals surface area contributed by atoms with Crippen LogP contribution in [0.4, 0.5) is 0 Å². The fourth-order valence-electron chi connectivity index (χ4n) is 2.50. The summed E-state index contributed by atoms with van der Waals surface area (Å²) < 4.78 is 7.08. The van der Waals surface area contributed by atoms with E-state index in [1.807, 2.05) is 12.1 Å². The minimum atomic E-state index is -1.40. The highest BCUT2D eigenvalue weighted by atomic mass is 16.6. The van der Waals surface area contributed by atoms with Gasteiger partial charge in [-0.3, -0.25) is 0 Å². The summed E-state index contributed by atoms with van der Waals surface area (Å²) in [6, 6.07) is 5.46. The topological polar surface area (TPSA) is 108 Å². The second-order valence-electron chi connectivity index (χ2n) is 4.86. The van der Waals surface area contributed by atoms with Gasteiger partial charge in [0.15, 0.2) is 6.23 Å². The fraction of sp³-hybridized carbons (Fsp3) is 0.462. The van der Waals surface area contributed by atoms with E-state index in [4.69, 9.17) is 4.74 Å². The molecule has 0 bridgehead atoms. The molecule has 0 amide bonds. The third kappa shape index (κ3) is 2.00. The summed E-state index contributed by atoms with van der Waals surface area (Å²) >= 11 is 0. The van der Waals surface area contributed by atoms with E-state index in [1.165, 1.54) is 0 Å². The van der Waals surface area contributed by atoms with Crippen LogP contribution in [0.3, 0.4) is 0 Å². The van der Waals surface area contributed by atoms with Crippen LogP contribution in [-0.4, -0.2) is 61.0 Å². The van der Waals surface area contributed by atoms with Crippen molar-refractivity contribution < 1.29 is 25.2 Å². The molecular weight excluding hydrogens is 264 g/mol. The van der Waals surface area contributed by atoms with Crippen molar-refractivity contribution in [3.05, 3.63) is 30.6 Å². The standard InChI is InChI=1S/C13H16N2O5/c16-6-8-9(17)10(18)11(19)13(20-8)15-5-3-7-2-1-4-14-12(7)15/h1-5,8-11,13,16-19H,6H2/t8-,9-,10+,11-,13-/m1/s1. The Labute approximate surface area is 114 Å². The average Bonchev–Trinajstić information content (AvgIpc) is 2.89. The van der Waals surface area contributed by atoms with Gasteiger partial charge in [-0.1, -0.05) is 0 Å². The van der Waals surface area contributed by atoms with Gasteiger partial charge in [0.1, 0.15) is 30.1 Å². The Hall–Kier alpha value is -1.51. The molecular formula is C13H16N2O5. The van der Waals surface area contributed by atoms with Crippen molar-refractivity contribution in [2.24, 2.45) is 0 Å². The number of pyridine rings is 1. The van der Waals surface area contributed by atoms with Crippen LogP contribution in [0.1, 0.15) is 6.23 Å². The van der Waals surface area contributed by atoms with Crippen molar-refractivity contribution in [3.63, 3.8) is 0 Å². The lowest BCUT2D eigenvalue weighted by Gasteiger charge is -2.40. The second kappa shape index (κ2) is 5.12. The Bertz CT molecular complexity index is 599. The molecule has 0 spiro atoms. The summed E-state index contributed by atoms with van der Waals surface area (Å²) in [4.78, 5) is 4.21. The highest BCUT2D eigenvalue weighted by Gasteiger charge is 2.44. The van der Waals surface area contributed by atoms with Gasteiger partial charge in [-0.25, -0.2) is 4.98 Å². The molecule has 5 atom stereocenters. The molecule has 1 aliphatic rings. The van der Waals surface area contributed by atoms with E-state index in [-0.39, 0.29) is 0 Å². The molecule has 3 rings (SSSR count). The first-order valence-electron chi connectivity index (χ1n) is 6.35. The van der Waals surface area contributed by atoms with Crippen LogP contribution in [0.2, 0.25) is 0 Å². The minimum Gasteiger partial charge on any atom is -0.394 e. The number of aliphatic hydroxyl groups is 4. The molecule has 4 N–H and O–H groups in total. The summed E-state index contributed by atoms with van der Waals surface area (Å²) in [6.45, 7) is -0.450. The van der Waals surface area contributed by atoms with Crippen molar-refractivity contribution in [2.75, 3.05) is 6.61 Å². The van der Waals surface area contributed by atoms with Gasteiger partial charge in [0, 0.05) is 17.8 Å². The molecule has 108 valence electrons. The van der Waals surface area contributed by atoms with E-state index in [2.05, 4.69) is 4.98 Å². The predicted molar refractivity (Wildman–Crippen MR) is 68.7 cm³/mol. The molecule has 3 heterocycles. The summed E-state index contributed by atoms with van der Waals surface area (Å²) in [5.74, 6) is 0. The monoisotopic (exact) mass is 280 g/mol. The van der Waals surface area contributed by atoms with Crippen molar-refractivity contribution in [3.8, 4) is 0 Å². The smallest absolute Gasteiger partial charge is 0.164 e. The number of hydrogen-bond donors (Lipinski definition) is 4. The van der Waals surface area contributed by atoms with Crippen LogP contribution in [0.5, 0.6) is 0 Å². The largest absolute Gasteiger partial charge is 0.394 e. The van der Waals surface area contributed by atoms with Gasteiger partial charge in [0.2, 0.25) is 0 Å². The van der Waals surface area contributed by atoms with Crippen LogP contribution in [0, 0.1) is 0 Å². The first-order valence-corrected chi connectivity index (χ1v) is 6.35. The Kier molecular flexibility index (Phi) is 3.45. The highest BCUT2D eigenvalue weighted by molar-refractivity contribution is 5.75. The molecule has 0 aromatic carbocycles. The SMILES string of the molecule is OC[C@H]1O[C@@H](n2ccc3cccnc32)[C@H](O)[C@@H](O)[C@@H]1O. The maximum Gasteiger partial charge on any atom is 0.164 e. The van der Waals surface area contributed by atoms with Crippen LogP contribution >= 0.6 is 0 Å². The maximum absolute atomic E-state index is 10.1. The van der Waals surface area contributed by atoms with Gasteiger partial charge in [0.05, 0.1) is 6.61 Å². The zero-order valence-corrected chi connectivity index (χ0v) is 10.6. The molecule has 1 saturated heterocycles. The zero-order chi connectivity index (χ0) is 14.3. The van der Waals surface area contributed by atoms with Crippen molar-refractivity contribution in [1.82, 2.24) is 9.55 Å². The number of hydrogen-bond acceptors (Lipinski definition) is 6. The summed E-state index contributed by atoms with van der Waals surface area (Å²) in [6.07, 6.45) is -2.62. The third-order valence-electron chi connectivity index (χ3n) is 3.62. The number of aromatic nitrogens is 2. The summed E-state index contributed by atoms with van der Waals surface area (Å²) in [5, 5.41) is 39.7. The van der Waals surface area contributed by atoms with E-state index in [1.54, 1.807) is 23.0 Å². The number of rotatable bonds is 2. The quantitative estimate of drug-likeness (QED) is 0.562. The lowest BCUT2D eigenvalue weighted by molar-refractivity contribution is -0.250. The second-order valence-corrected chi connectivity index (χ2v) is 4.86. The van der Waals surface area contributed by atoms with Crippen LogP contribution in [-0.2, 0) is 4.74 Å². The zero-order valence-electron chi connectivity index (χ0n) is 10.6. The van der Waals surface area contributed by atoms with Crippen molar-refractivity contribution >= 4 is 11.0 Å². The van der Waals surface area contributed by atoms with Gasteiger partial charge in [-0.2, -0.15) is 0 Å². The maximum atomic E-state index is 10.1. The fourth-order valence-corrected chi connectivity index (χ4v) is 2.50. The molecule has 0 radical (unpaired) electrons. The van der Waals surface area contributed by atoms with Gasteiger partial charge in [-0.15, -0.1) is 0 Å². The van der Waals surface area contributed by atoms with E-state index in [9.17, 15) is 20.4 Å². The molecule has 0 saturated carbocycles. The van der Waals surface area contributed by atoms with Gasteiger partial charge < -0.3 is 29.7 Å². The minimum absolute atomic E-state index is 0.450. The van der Waals surface area contributed by atoms with E-state index in [0.717, 1.165) is 5.39 Å². The van der Waals surface area contributed by atoms with Crippen LogP contribution < -0.4 is 0 Å². The Morgan fingerprint density at radius 1 is 1.15 bits per heavy atom. The van der Waals surface area contributed by atoms with Crippen LogP contribution in [0.25, 0.3) is 11.0 Å². The summed E-state index contributed by atoms with van der Waals surface area (Å²) in [7, 11) is 0. The average molecular weight is 280 g/mol. The van der Waals surface area contributed by atoms with Crippen molar-refractivity contribution in [2.45, 2.75) is 30.6 Å².